The summed E-state index contributed by atoms with van der Waals surface area (Å²) in [5.74, 6) is -0.215. The maximum Gasteiger partial charge on any atom is 0.218 e. The van der Waals surface area contributed by atoms with Gasteiger partial charge in [0.1, 0.15) is 0 Å². The van der Waals surface area contributed by atoms with Crippen molar-refractivity contribution in [2.75, 3.05) is 31.1 Å². The number of para-hydroxylation sites is 1. The fourth-order valence-electron chi connectivity index (χ4n) is 2.48. The minimum absolute atomic E-state index is 0.215. The Morgan fingerprint density at radius 1 is 1.22 bits per heavy atom. The highest BCUT2D eigenvalue weighted by Crippen LogP contribution is 2.17. The predicted octanol–water partition coefficient (Wildman–Crippen LogP) is 1.07. The van der Waals surface area contributed by atoms with E-state index in [4.69, 9.17) is 5.73 Å². The first-order chi connectivity index (χ1) is 8.66. The quantitative estimate of drug-likeness (QED) is 0.866. The Morgan fingerprint density at radius 3 is 2.39 bits per heavy atom. The van der Waals surface area contributed by atoms with E-state index in [1.165, 1.54) is 5.69 Å². The summed E-state index contributed by atoms with van der Waals surface area (Å²) in [7, 11) is 0. The second-order valence-corrected chi connectivity index (χ2v) is 4.88. The van der Waals surface area contributed by atoms with Crippen molar-refractivity contribution >= 4 is 11.6 Å². The number of hydrogen-bond acceptors (Lipinski definition) is 3. The molecule has 0 aromatic heterocycles. The van der Waals surface area contributed by atoms with E-state index in [0.717, 1.165) is 26.2 Å². The van der Waals surface area contributed by atoms with E-state index >= 15 is 0 Å². The van der Waals surface area contributed by atoms with Gasteiger partial charge in [0.15, 0.2) is 0 Å². The molecule has 18 heavy (non-hydrogen) atoms. The molecule has 0 saturated carbocycles. The number of nitrogens with two attached hydrogens (primary N) is 1. The number of hydrogen-bond donors (Lipinski definition) is 1. The van der Waals surface area contributed by atoms with Crippen molar-refractivity contribution in [3.8, 4) is 0 Å². The summed E-state index contributed by atoms with van der Waals surface area (Å²) in [6, 6.07) is 10.7. The van der Waals surface area contributed by atoms with Crippen molar-refractivity contribution in [2.24, 2.45) is 5.73 Å². The van der Waals surface area contributed by atoms with Gasteiger partial charge in [-0.3, -0.25) is 9.69 Å². The highest BCUT2D eigenvalue weighted by molar-refractivity contribution is 5.74. The molecule has 1 saturated heterocycles. The third-order valence-corrected chi connectivity index (χ3v) is 3.56. The van der Waals surface area contributed by atoms with Crippen molar-refractivity contribution in [3.63, 3.8) is 0 Å². The topological polar surface area (TPSA) is 49.6 Å². The van der Waals surface area contributed by atoms with Gasteiger partial charge in [0.05, 0.1) is 0 Å². The molecule has 0 bridgehead atoms. The maximum atomic E-state index is 10.9. The van der Waals surface area contributed by atoms with Crippen LogP contribution in [0.25, 0.3) is 0 Å². The van der Waals surface area contributed by atoms with Crippen LogP contribution in [0.3, 0.4) is 0 Å². The predicted molar refractivity (Wildman–Crippen MR) is 73.5 cm³/mol. The van der Waals surface area contributed by atoms with Gasteiger partial charge in [-0.05, 0) is 19.1 Å². The van der Waals surface area contributed by atoms with Crippen molar-refractivity contribution < 1.29 is 4.79 Å². The maximum absolute atomic E-state index is 10.9. The molecule has 1 atom stereocenters. The summed E-state index contributed by atoms with van der Waals surface area (Å²) in [5, 5.41) is 0. The van der Waals surface area contributed by atoms with Crippen LogP contribution in [-0.4, -0.2) is 43.0 Å². The second-order valence-electron chi connectivity index (χ2n) is 4.88. The fourth-order valence-corrected chi connectivity index (χ4v) is 2.48. The third kappa shape index (κ3) is 3.23. The number of carbonyl (C=O) groups excluding carboxylic acids is 1. The molecule has 4 heteroatoms. The van der Waals surface area contributed by atoms with Gasteiger partial charge in [0.25, 0.3) is 0 Å². The first kappa shape index (κ1) is 12.9. The summed E-state index contributed by atoms with van der Waals surface area (Å²) in [6.07, 6.45) is 0.450. The molecule has 2 rings (SSSR count). The summed E-state index contributed by atoms with van der Waals surface area (Å²) in [4.78, 5) is 15.6. The van der Waals surface area contributed by atoms with Gasteiger partial charge >= 0.3 is 0 Å². The molecule has 0 radical (unpaired) electrons. The van der Waals surface area contributed by atoms with Crippen LogP contribution in [0.2, 0.25) is 0 Å². The lowest BCUT2D eigenvalue weighted by Gasteiger charge is -2.38. The lowest BCUT2D eigenvalue weighted by atomic mass is 10.1. The molecule has 1 aromatic carbocycles. The van der Waals surface area contributed by atoms with Gasteiger partial charge in [0, 0.05) is 44.3 Å². The zero-order valence-corrected chi connectivity index (χ0v) is 10.9. The van der Waals surface area contributed by atoms with Crippen LogP contribution in [0.1, 0.15) is 13.3 Å². The van der Waals surface area contributed by atoms with Crippen LogP contribution in [0, 0.1) is 0 Å². The number of primary amides is 1. The number of benzene rings is 1. The minimum atomic E-state index is -0.215. The van der Waals surface area contributed by atoms with Crippen LogP contribution < -0.4 is 10.6 Å². The van der Waals surface area contributed by atoms with Gasteiger partial charge in [-0.15, -0.1) is 0 Å². The number of amides is 1. The standard InChI is InChI=1S/C14H21N3O/c1-12(11-14(15)18)16-7-9-17(10-8-16)13-5-3-2-4-6-13/h2-6,12H,7-11H2,1H3,(H2,15,18). The average molecular weight is 247 g/mol. The van der Waals surface area contributed by atoms with Crippen molar-refractivity contribution in [1.82, 2.24) is 4.90 Å². The van der Waals surface area contributed by atoms with E-state index in [1.807, 2.05) is 6.07 Å². The number of carbonyl (C=O) groups is 1. The summed E-state index contributed by atoms with van der Waals surface area (Å²) >= 11 is 0. The Kier molecular flexibility index (Phi) is 4.20. The summed E-state index contributed by atoms with van der Waals surface area (Å²) in [5.41, 5.74) is 6.52. The van der Waals surface area contributed by atoms with Gasteiger partial charge in [0.2, 0.25) is 5.91 Å². The lowest BCUT2D eigenvalue weighted by Crippen LogP contribution is -2.50. The Labute approximate surface area is 108 Å². The average Bonchev–Trinajstić information content (AvgIpc) is 2.39. The van der Waals surface area contributed by atoms with Crippen molar-refractivity contribution in [2.45, 2.75) is 19.4 Å². The number of anilines is 1. The van der Waals surface area contributed by atoms with Gasteiger partial charge < -0.3 is 10.6 Å². The van der Waals surface area contributed by atoms with Gasteiger partial charge in [-0.1, -0.05) is 18.2 Å². The van der Waals surface area contributed by atoms with Gasteiger partial charge in [-0.25, -0.2) is 0 Å². The summed E-state index contributed by atoms with van der Waals surface area (Å²) in [6.45, 7) is 6.07. The Balaban J connectivity index is 1.86. The normalized spacial score (nSPS) is 18.6. The SMILES string of the molecule is CC(CC(N)=O)N1CCN(c2ccccc2)CC1. The molecule has 1 amide bonds. The number of rotatable bonds is 4. The first-order valence-electron chi connectivity index (χ1n) is 6.49. The molecule has 98 valence electrons. The molecule has 1 aromatic rings. The zero-order chi connectivity index (χ0) is 13.0. The van der Waals surface area contributed by atoms with Crippen LogP contribution in [-0.2, 0) is 4.79 Å². The Bertz CT molecular complexity index is 385. The Hall–Kier alpha value is -1.55. The van der Waals surface area contributed by atoms with E-state index in [9.17, 15) is 4.79 Å². The largest absolute Gasteiger partial charge is 0.370 e. The molecule has 1 aliphatic rings. The molecule has 0 spiro atoms. The zero-order valence-electron chi connectivity index (χ0n) is 10.9. The van der Waals surface area contributed by atoms with Crippen LogP contribution >= 0.6 is 0 Å². The third-order valence-electron chi connectivity index (χ3n) is 3.56. The van der Waals surface area contributed by atoms with E-state index in [0.29, 0.717) is 6.42 Å². The molecule has 1 heterocycles. The van der Waals surface area contributed by atoms with E-state index in [2.05, 4.69) is 41.0 Å². The lowest BCUT2D eigenvalue weighted by molar-refractivity contribution is -0.119. The smallest absolute Gasteiger partial charge is 0.218 e. The molecule has 0 aliphatic carbocycles. The fraction of sp³-hybridized carbons (Fsp3) is 0.500. The second kappa shape index (κ2) is 5.87. The van der Waals surface area contributed by atoms with Crippen molar-refractivity contribution in [3.05, 3.63) is 30.3 Å². The molecule has 1 fully saturated rings. The van der Waals surface area contributed by atoms with Crippen LogP contribution in [0.5, 0.6) is 0 Å². The van der Waals surface area contributed by atoms with Crippen LogP contribution in [0.15, 0.2) is 30.3 Å². The molecule has 2 N–H and O–H groups in total. The van der Waals surface area contributed by atoms with Gasteiger partial charge in [-0.2, -0.15) is 0 Å². The first-order valence-corrected chi connectivity index (χ1v) is 6.49. The van der Waals surface area contributed by atoms with Crippen molar-refractivity contribution in [1.29, 1.82) is 0 Å². The molecular weight excluding hydrogens is 226 g/mol. The molecule has 1 aliphatic heterocycles. The highest BCUT2D eigenvalue weighted by atomic mass is 16.1. The number of piperazine rings is 1. The highest BCUT2D eigenvalue weighted by Gasteiger charge is 2.21. The number of nitrogens with zero attached hydrogens (tertiary/aromatic N) is 2. The van der Waals surface area contributed by atoms with Crippen LogP contribution in [0.4, 0.5) is 5.69 Å². The minimum Gasteiger partial charge on any atom is -0.370 e. The van der Waals surface area contributed by atoms with E-state index in [-0.39, 0.29) is 11.9 Å². The molecule has 4 nitrogen and oxygen atoms in total. The Morgan fingerprint density at radius 2 is 1.83 bits per heavy atom. The summed E-state index contributed by atoms with van der Waals surface area (Å²) < 4.78 is 0. The molecule has 1 unspecified atom stereocenters. The van der Waals surface area contributed by atoms with E-state index < -0.39 is 0 Å². The van der Waals surface area contributed by atoms with E-state index in [1.54, 1.807) is 0 Å². The molecular formula is C14H21N3O. The monoisotopic (exact) mass is 247 g/mol.